The molecule has 6 nitrogen and oxygen atoms in total. The molecule has 0 radical (unpaired) electrons. The van der Waals surface area contributed by atoms with E-state index in [4.69, 9.17) is 0 Å². The molecule has 0 bridgehead atoms. The molecule has 0 aliphatic heterocycles. The van der Waals surface area contributed by atoms with Crippen LogP contribution in [0.4, 0.5) is 5.13 Å². The molecule has 1 aromatic carbocycles. The average molecular weight is 402 g/mol. The van der Waals surface area contributed by atoms with E-state index in [1.807, 2.05) is 35.7 Å². The van der Waals surface area contributed by atoms with Crippen LogP contribution in [0.1, 0.15) is 38.9 Å². The number of amides is 1. The zero-order valence-corrected chi connectivity index (χ0v) is 17.3. The van der Waals surface area contributed by atoms with E-state index in [9.17, 15) is 4.79 Å². The fourth-order valence-electron chi connectivity index (χ4n) is 2.63. The molecule has 0 unspecified atom stereocenters. The number of anilines is 1. The Morgan fingerprint density at radius 1 is 1.26 bits per heavy atom. The van der Waals surface area contributed by atoms with Crippen LogP contribution in [0.3, 0.4) is 0 Å². The van der Waals surface area contributed by atoms with Gasteiger partial charge < -0.3 is 9.88 Å². The van der Waals surface area contributed by atoms with E-state index < -0.39 is 0 Å². The first-order chi connectivity index (χ1) is 13.1. The average Bonchev–Trinajstić information content (AvgIpc) is 3.28. The van der Waals surface area contributed by atoms with Gasteiger partial charge >= 0.3 is 0 Å². The quantitative estimate of drug-likeness (QED) is 0.556. The predicted octanol–water partition coefficient (Wildman–Crippen LogP) is 4.67. The van der Waals surface area contributed by atoms with Gasteiger partial charge in [0.05, 0.1) is 11.4 Å². The maximum atomic E-state index is 12.3. The summed E-state index contributed by atoms with van der Waals surface area (Å²) in [6.07, 6.45) is 0.999. The molecular formula is C19H23N5OS2. The van der Waals surface area contributed by atoms with Crippen molar-refractivity contribution in [3.05, 3.63) is 41.5 Å². The van der Waals surface area contributed by atoms with E-state index in [1.54, 1.807) is 0 Å². The molecule has 8 heteroatoms. The van der Waals surface area contributed by atoms with Crippen LogP contribution in [0.2, 0.25) is 0 Å². The smallest absolute Gasteiger partial charge is 0.236 e. The van der Waals surface area contributed by atoms with Crippen molar-refractivity contribution in [3.8, 4) is 11.3 Å². The Morgan fingerprint density at radius 3 is 2.74 bits per heavy atom. The maximum Gasteiger partial charge on any atom is 0.236 e. The second-order valence-corrected chi connectivity index (χ2v) is 8.19. The Kier molecular flexibility index (Phi) is 6.63. The highest BCUT2D eigenvalue weighted by molar-refractivity contribution is 7.99. The van der Waals surface area contributed by atoms with Gasteiger partial charge in [0.25, 0.3) is 0 Å². The Hall–Kier alpha value is -2.19. The van der Waals surface area contributed by atoms with Crippen LogP contribution in [0, 0.1) is 0 Å². The zero-order chi connectivity index (χ0) is 19.2. The molecule has 0 spiro atoms. The number of hydrogen-bond acceptors (Lipinski definition) is 6. The maximum absolute atomic E-state index is 12.3. The lowest BCUT2D eigenvalue weighted by molar-refractivity contribution is -0.113. The van der Waals surface area contributed by atoms with Crippen LogP contribution in [0.15, 0.2) is 40.9 Å². The van der Waals surface area contributed by atoms with Crippen LogP contribution >= 0.6 is 23.1 Å². The molecule has 0 aliphatic carbocycles. The Labute approximate surface area is 167 Å². The van der Waals surface area contributed by atoms with Gasteiger partial charge in [0.2, 0.25) is 5.91 Å². The lowest BCUT2D eigenvalue weighted by Crippen LogP contribution is -2.15. The van der Waals surface area contributed by atoms with Gasteiger partial charge in [0.15, 0.2) is 10.3 Å². The van der Waals surface area contributed by atoms with Crippen LogP contribution in [-0.4, -0.2) is 31.4 Å². The second-order valence-electron chi connectivity index (χ2n) is 6.39. The highest BCUT2D eigenvalue weighted by Gasteiger charge is 2.16. The summed E-state index contributed by atoms with van der Waals surface area (Å²) in [7, 11) is 0. The lowest BCUT2D eigenvalue weighted by Gasteiger charge is -2.10. The Bertz CT molecular complexity index is 889. The van der Waals surface area contributed by atoms with E-state index in [2.05, 4.69) is 45.8 Å². The number of carbonyl (C=O) groups is 1. The third kappa shape index (κ3) is 4.95. The number of aromatic nitrogens is 4. The van der Waals surface area contributed by atoms with Gasteiger partial charge in [-0.05, 0) is 6.42 Å². The van der Waals surface area contributed by atoms with Crippen LogP contribution < -0.4 is 5.32 Å². The third-order valence-electron chi connectivity index (χ3n) is 3.86. The minimum atomic E-state index is -0.0916. The number of benzene rings is 1. The molecule has 3 aromatic rings. The van der Waals surface area contributed by atoms with Crippen molar-refractivity contribution in [1.82, 2.24) is 19.7 Å². The fraction of sp³-hybridized carbons (Fsp3) is 0.368. The first-order valence-corrected chi connectivity index (χ1v) is 10.8. The summed E-state index contributed by atoms with van der Waals surface area (Å²) >= 11 is 2.84. The highest BCUT2D eigenvalue weighted by Crippen LogP contribution is 2.25. The molecule has 0 atom stereocenters. The molecular weight excluding hydrogens is 378 g/mol. The number of hydrogen-bond donors (Lipinski definition) is 1. The predicted molar refractivity (Wildman–Crippen MR) is 111 cm³/mol. The van der Waals surface area contributed by atoms with Crippen molar-refractivity contribution in [3.63, 3.8) is 0 Å². The minimum Gasteiger partial charge on any atom is -0.306 e. The molecule has 2 heterocycles. The zero-order valence-electron chi connectivity index (χ0n) is 15.7. The first-order valence-electron chi connectivity index (χ1n) is 8.95. The first kappa shape index (κ1) is 19.6. The summed E-state index contributed by atoms with van der Waals surface area (Å²) in [4.78, 5) is 16.8. The SMILES string of the molecule is CCCn1c(SCC(=O)Nc2nc(-c3ccccc3)cs2)nnc1C(C)C. The summed E-state index contributed by atoms with van der Waals surface area (Å²) in [5, 5.41) is 14.8. The number of carbonyl (C=O) groups excluding carboxylic acids is 1. The van der Waals surface area contributed by atoms with Crippen molar-refractivity contribution in [2.75, 3.05) is 11.1 Å². The van der Waals surface area contributed by atoms with E-state index in [-0.39, 0.29) is 11.7 Å². The van der Waals surface area contributed by atoms with Crippen molar-refractivity contribution in [2.24, 2.45) is 0 Å². The summed E-state index contributed by atoms with van der Waals surface area (Å²) in [6, 6.07) is 9.92. The van der Waals surface area contributed by atoms with Crippen molar-refractivity contribution >= 4 is 34.1 Å². The van der Waals surface area contributed by atoms with E-state index >= 15 is 0 Å². The minimum absolute atomic E-state index is 0.0916. The normalized spacial score (nSPS) is 11.1. The Balaban J connectivity index is 1.60. The molecule has 0 saturated carbocycles. The summed E-state index contributed by atoms with van der Waals surface area (Å²) in [5.41, 5.74) is 1.91. The molecule has 1 N–H and O–H groups in total. The van der Waals surface area contributed by atoms with Gasteiger partial charge in [-0.2, -0.15) is 0 Å². The van der Waals surface area contributed by atoms with Crippen LogP contribution in [0.5, 0.6) is 0 Å². The number of nitrogens with zero attached hydrogens (tertiary/aromatic N) is 4. The topological polar surface area (TPSA) is 72.7 Å². The molecule has 2 aromatic heterocycles. The number of thioether (sulfide) groups is 1. The van der Waals surface area contributed by atoms with E-state index in [0.717, 1.165) is 35.2 Å². The number of nitrogens with one attached hydrogen (secondary N) is 1. The number of thiazole rings is 1. The lowest BCUT2D eigenvalue weighted by atomic mass is 10.2. The van der Waals surface area contributed by atoms with E-state index in [1.165, 1.54) is 23.1 Å². The summed E-state index contributed by atoms with van der Waals surface area (Å²) in [6.45, 7) is 7.18. The molecule has 142 valence electrons. The van der Waals surface area contributed by atoms with Gasteiger partial charge in [0.1, 0.15) is 5.82 Å². The molecule has 1 amide bonds. The highest BCUT2D eigenvalue weighted by atomic mass is 32.2. The summed E-state index contributed by atoms with van der Waals surface area (Å²) in [5.74, 6) is 1.46. The van der Waals surface area contributed by atoms with Crippen molar-refractivity contribution < 1.29 is 4.79 Å². The molecule has 3 rings (SSSR count). The monoisotopic (exact) mass is 401 g/mol. The van der Waals surface area contributed by atoms with Gasteiger partial charge in [-0.15, -0.1) is 21.5 Å². The second kappa shape index (κ2) is 9.14. The van der Waals surface area contributed by atoms with Crippen LogP contribution in [-0.2, 0) is 11.3 Å². The standard InChI is InChI=1S/C19H23N5OS2/c1-4-10-24-17(13(2)3)22-23-19(24)27-12-16(25)21-18-20-15(11-26-18)14-8-6-5-7-9-14/h5-9,11,13H,4,10,12H2,1-3H3,(H,20,21,25). The fourth-order valence-corrected chi connectivity index (χ4v) is 4.13. The van der Waals surface area contributed by atoms with Gasteiger partial charge in [-0.3, -0.25) is 4.79 Å². The molecule has 0 saturated heterocycles. The molecule has 27 heavy (non-hydrogen) atoms. The van der Waals surface area contributed by atoms with Crippen molar-refractivity contribution in [1.29, 1.82) is 0 Å². The third-order valence-corrected chi connectivity index (χ3v) is 5.59. The number of rotatable bonds is 8. The van der Waals surface area contributed by atoms with Gasteiger partial charge in [-0.1, -0.05) is 62.9 Å². The summed E-state index contributed by atoms with van der Waals surface area (Å²) < 4.78 is 2.11. The van der Waals surface area contributed by atoms with Crippen molar-refractivity contribution in [2.45, 2.75) is 44.8 Å². The van der Waals surface area contributed by atoms with Gasteiger partial charge in [-0.25, -0.2) is 4.98 Å². The largest absolute Gasteiger partial charge is 0.306 e. The van der Waals surface area contributed by atoms with E-state index in [0.29, 0.717) is 11.0 Å². The van der Waals surface area contributed by atoms with Crippen LogP contribution in [0.25, 0.3) is 11.3 Å². The molecule has 0 fully saturated rings. The molecule has 0 aliphatic rings. The van der Waals surface area contributed by atoms with Gasteiger partial charge in [0, 0.05) is 23.4 Å². The Morgan fingerprint density at radius 2 is 2.04 bits per heavy atom.